The molecule has 9 heavy (non-hydrogen) atoms. The van der Waals surface area contributed by atoms with Crippen LogP contribution in [0.4, 0.5) is 0 Å². The molecule has 0 radical (unpaired) electrons. The second-order valence-corrected chi connectivity index (χ2v) is 2.58. The minimum absolute atomic E-state index is 0.604. The highest BCUT2D eigenvalue weighted by molar-refractivity contribution is 6.32. The minimum Gasteiger partial charge on any atom is -0.311 e. The Balaban J connectivity index is 2.24. The van der Waals surface area contributed by atoms with Crippen molar-refractivity contribution in [2.24, 2.45) is 0 Å². The van der Waals surface area contributed by atoms with Gasteiger partial charge in [-0.05, 0) is 19.7 Å². The van der Waals surface area contributed by atoms with Crippen LogP contribution in [0.2, 0.25) is 6.32 Å². The maximum Gasteiger partial charge on any atom is 0.241 e. The van der Waals surface area contributed by atoms with Gasteiger partial charge in [0.15, 0.2) is 0 Å². The van der Waals surface area contributed by atoms with Crippen LogP contribution >= 0.6 is 0 Å². The quantitative estimate of drug-likeness (QED) is 0.508. The SMILES string of the molecule is CCC(C)N1BCCO1. The second-order valence-electron chi connectivity index (χ2n) is 2.58. The summed E-state index contributed by atoms with van der Waals surface area (Å²) in [4.78, 5) is 7.42. The predicted molar refractivity (Wildman–Crippen MR) is 39.5 cm³/mol. The van der Waals surface area contributed by atoms with E-state index in [2.05, 4.69) is 18.8 Å². The molecule has 0 saturated carbocycles. The minimum atomic E-state index is 0.604. The van der Waals surface area contributed by atoms with E-state index in [0.29, 0.717) is 6.04 Å². The van der Waals surface area contributed by atoms with E-state index in [-0.39, 0.29) is 0 Å². The van der Waals surface area contributed by atoms with Gasteiger partial charge < -0.3 is 4.84 Å². The van der Waals surface area contributed by atoms with Crippen LogP contribution in [0.25, 0.3) is 0 Å². The van der Waals surface area contributed by atoms with Crippen LogP contribution in [0.15, 0.2) is 0 Å². The molecule has 0 amide bonds. The van der Waals surface area contributed by atoms with Crippen molar-refractivity contribution in [3.05, 3.63) is 0 Å². The van der Waals surface area contributed by atoms with Crippen molar-refractivity contribution < 1.29 is 4.84 Å². The molecule has 52 valence electrons. The van der Waals surface area contributed by atoms with Crippen LogP contribution in [-0.4, -0.2) is 25.0 Å². The zero-order chi connectivity index (χ0) is 6.69. The molecule has 0 bridgehead atoms. The summed E-state index contributed by atoms with van der Waals surface area (Å²) in [7, 11) is 1.12. The Kier molecular flexibility index (Phi) is 2.55. The van der Waals surface area contributed by atoms with E-state index in [9.17, 15) is 0 Å². The van der Waals surface area contributed by atoms with Crippen LogP contribution in [-0.2, 0) is 4.84 Å². The average molecular weight is 127 g/mol. The molecule has 0 aromatic heterocycles. The summed E-state index contributed by atoms with van der Waals surface area (Å²) in [5, 5.41) is 0. The van der Waals surface area contributed by atoms with Gasteiger partial charge in [0.2, 0.25) is 7.41 Å². The summed E-state index contributed by atoms with van der Waals surface area (Å²) in [6, 6.07) is 0.604. The number of hydrogen-bond acceptors (Lipinski definition) is 2. The lowest BCUT2D eigenvalue weighted by Crippen LogP contribution is -2.30. The van der Waals surface area contributed by atoms with E-state index in [0.717, 1.165) is 14.0 Å². The largest absolute Gasteiger partial charge is 0.311 e. The van der Waals surface area contributed by atoms with Gasteiger partial charge in [-0.2, -0.15) is 0 Å². The van der Waals surface area contributed by atoms with Gasteiger partial charge in [-0.1, -0.05) is 6.92 Å². The van der Waals surface area contributed by atoms with E-state index in [1.165, 1.54) is 12.7 Å². The van der Waals surface area contributed by atoms with Crippen LogP contribution in [0.5, 0.6) is 0 Å². The maximum atomic E-state index is 5.34. The Morgan fingerprint density at radius 3 is 3.00 bits per heavy atom. The van der Waals surface area contributed by atoms with Crippen LogP contribution in [0.3, 0.4) is 0 Å². The highest BCUT2D eigenvalue weighted by atomic mass is 16.7. The predicted octanol–water partition coefficient (Wildman–Crippen LogP) is 0.802. The molecule has 1 heterocycles. The molecule has 1 saturated heterocycles. The number of hydrogen-bond donors (Lipinski definition) is 0. The fourth-order valence-corrected chi connectivity index (χ4v) is 1.02. The Morgan fingerprint density at radius 1 is 1.78 bits per heavy atom. The first-order valence-corrected chi connectivity index (χ1v) is 3.74. The fraction of sp³-hybridized carbons (Fsp3) is 1.00. The molecule has 1 aliphatic rings. The molecule has 0 spiro atoms. The van der Waals surface area contributed by atoms with Crippen LogP contribution in [0, 0.1) is 0 Å². The van der Waals surface area contributed by atoms with Gasteiger partial charge in [0, 0.05) is 6.04 Å². The van der Waals surface area contributed by atoms with Crippen molar-refractivity contribution in [1.82, 2.24) is 4.97 Å². The van der Waals surface area contributed by atoms with Gasteiger partial charge in [0.1, 0.15) is 0 Å². The summed E-state index contributed by atoms with van der Waals surface area (Å²) in [6.45, 7) is 5.31. The van der Waals surface area contributed by atoms with Crippen LogP contribution in [0.1, 0.15) is 20.3 Å². The second kappa shape index (κ2) is 3.23. The smallest absolute Gasteiger partial charge is 0.241 e. The molecular formula is C6H14BNO. The molecule has 0 aromatic rings. The van der Waals surface area contributed by atoms with E-state index < -0.39 is 0 Å². The topological polar surface area (TPSA) is 12.5 Å². The number of rotatable bonds is 2. The monoisotopic (exact) mass is 127 g/mol. The zero-order valence-electron chi connectivity index (χ0n) is 6.26. The third-order valence-corrected chi connectivity index (χ3v) is 1.86. The van der Waals surface area contributed by atoms with Crippen molar-refractivity contribution >= 4 is 7.41 Å². The fourth-order valence-electron chi connectivity index (χ4n) is 1.02. The third kappa shape index (κ3) is 1.70. The van der Waals surface area contributed by atoms with Crippen molar-refractivity contribution in [3.8, 4) is 0 Å². The number of nitrogens with zero attached hydrogens (tertiary/aromatic N) is 1. The lowest BCUT2D eigenvalue weighted by Gasteiger charge is -2.20. The van der Waals surface area contributed by atoms with Crippen LogP contribution < -0.4 is 0 Å². The standard InChI is InChI=1S/C6H14BNO/c1-3-6(2)8-7-4-5-9-8/h6-7H,3-5H2,1-2H3. The molecule has 3 heteroatoms. The average Bonchev–Trinajstić information content (AvgIpc) is 2.37. The first-order chi connectivity index (χ1) is 4.34. The van der Waals surface area contributed by atoms with E-state index >= 15 is 0 Å². The van der Waals surface area contributed by atoms with E-state index in [1.54, 1.807) is 0 Å². The molecule has 0 N–H and O–H groups in total. The Bertz CT molecular complexity index is 83.1. The highest BCUT2D eigenvalue weighted by Gasteiger charge is 2.18. The van der Waals surface area contributed by atoms with Gasteiger partial charge in [-0.15, -0.1) is 0 Å². The van der Waals surface area contributed by atoms with Crippen molar-refractivity contribution in [3.63, 3.8) is 0 Å². The highest BCUT2D eigenvalue weighted by Crippen LogP contribution is 2.09. The zero-order valence-corrected chi connectivity index (χ0v) is 6.26. The van der Waals surface area contributed by atoms with Crippen molar-refractivity contribution in [2.45, 2.75) is 32.6 Å². The van der Waals surface area contributed by atoms with Gasteiger partial charge in [0.25, 0.3) is 0 Å². The van der Waals surface area contributed by atoms with Gasteiger partial charge in [-0.25, -0.2) is 4.97 Å². The molecule has 1 unspecified atom stereocenters. The van der Waals surface area contributed by atoms with E-state index in [1.807, 2.05) is 0 Å². The molecular weight excluding hydrogens is 113 g/mol. The summed E-state index contributed by atoms with van der Waals surface area (Å²) in [5.74, 6) is 0. The van der Waals surface area contributed by atoms with Gasteiger partial charge in [0.05, 0.1) is 6.61 Å². The molecule has 0 aromatic carbocycles. The van der Waals surface area contributed by atoms with Gasteiger partial charge in [-0.3, -0.25) is 0 Å². The molecule has 1 aliphatic heterocycles. The van der Waals surface area contributed by atoms with Crippen molar-refractivity contribution in [1.29, 1.82) is 0 Å². The maximum absolute atomic E-state index is 5.34. The Hall–Kier alpha value is -0.0151. The lowest BCUT2D eigenvalue weighted by atomic mass is 9.89. The van der Waals surface area contributed by atoms with Crippen molar-refractivity contribution in [2.75, 3.05) is 6.61 Å². The molecule has 0 aliphatic carbocycles. The third-order valence-electron chi connectivity index (χ3n) is 1.86. The van der Waals surface area contributed by atoms with E-state index in [4.69, 9.17) is 4.84 Å². The lowest BCUT2D eigenvalue weighted by molar-refractivity contribution is -0.0869. The molecule has 1 fully saturated rings. The molecule has 2 nitrogen and oxygen atoms in total. The summed E-state index contributed by atoms with van der Waals surface area (Å²) in [5.41, 5.74) is 0. The Labute approximate surface area is 57.4 Å². The molecule has 1 atom stereocenters. The summed E-state index contributed by atoms with van der Waals surface area (Å²) < 4.78 is 0. The van der Waals surface area contributed by atoms with Gasteiger partial charge >= 0.3 is 0 Å². The number of hydroxylamine groups is 1. The first kappa shape index (κ1) is 7.10. The summed E-state index contributed by atoms with van der Waals surface area (Å²) in [6.07, 6.45) is 2.38. The molecule has 1 rings (SSSR count). The Morgan fingerprint density at radius 2 is 2.56 bits per heavy atom. The normalized spacial score (nSPS) is 23.8. The summed E-state index contributed by atoms with van der Waals surface area (Å²) >= 11 is 0. The first-order valence-electron chi connectivity index (χ1n) is 3.74.